The molecule has 0 saturated carbocycles. The quantitative estimate of drug-likeness (QED) is 0.232. The monoisotopic (exact) mass is 480 g/mol. The Hall–Kier alpha value is -2.62. The van der Waals surface area contributed by atoms with E-state index in [-0.39, 0.29) is 37.0 Å². The van der Waals surface area contributed by atoms with Gasteiger partial charge in [0.2, 0.25) is 0 Å². The molecule has 0 heterocycles. The summed E-state index contributed by atoms with van der Waals surface area (Å²) in [5, 5.41) is 0. The van der Waals surface area contributed by atoms with Gasteiger partial charge >= 0.3 is 11.9 Å². The molecule has 0 fully saturated rings. The largest absolute Gasteiger partial charge is 0.461 e. The van der Waals surface area contributed by atoms with Crippen molar-refractivity contribution in [2.24, 2.45) is 11.8 Å². The van der Waals surface area contributed by atoms with Gasteiger partial charge in [-0.25, -0.2) is 0 Å². The molecule has 0 aliphatic rings. The molecule has 4 nitrogen and oxygen atoms in total. The van der Waals surface area contributed by atoms with Crippen LogP contribution in [0.3, 0.4) is 0 Å². The molecule has 0 amide bonds. The Morgan fingerprint density at radius 3 is 1.26 bits per heavy atom. The number of aryl methyl sites for hydroxylation is 2. The molecule has 0 saturated heterocycles. The molecule has 0 aliphatic heterocycles. The Bertz CT molecular complexity index is 796. The fourth-order valence-corrected chi connectivity index (χ4v) is 4.11. The third-order valence-electron chi connectivity index (χ3n) is 6.67. The van der Waals surface area contributed by atoms with Crippen LogP contribution in [0.4, 0.5) is 0 Å². The van der Waals surface area contributed by atoms with Gasteiger partial charge in [-0.05, 0) is 67.2 Å². The van der Waals surface area contributed by atoms with E-state index in [0.29, 0.717) is 19.3 Å². The summed E-state index contributed by atoms with van der Waals surface area (Å²) in [7, 11) is 0. The smallest absolute Gasteiger partial charge is 0.309 e. The molecular formula is C31H44O4. The molecule has 0 N–H and O–H groups in total. The highest BCUT2D eigenvalue weighted by Crippen LogP contribution is 2.23. The van der Waals surface area contributed by atoms with E-state index in [1.807, 2.05) is 38.1 Å². The molecule has 0 bridgehead atoms. The van der Waals surface area contributed by atoms with Crippen LogP contribution in [0.15, 0.2) is 48.5 Å². The first-order valence-electron chi connectivity index (χ1n) is 13.5. The van der Waals surface area contributed by atoms with Gasteiger partial charge in [0.25, 0.3) is 0 Å². The van der Waals surface area contributed by atoms with Gasteiger partial charge in [-0.3, -0.25) is 9.59 Å². The average molecular weight is 481 g/mol. The molecule has 2 rings (SSSR count). The SMILES string of the molecule is CCCCc1ccc(COC(=O)C(CC)CC(CC)C(=O)OCc2ccc(CCCC)cc2)cc1. The predicted molar refractivity (Wildman–Crippen MR) is 142 cm³/mol. The summed E-state index contributed by atoms with van der Waals surface area (Å²) < 4.78 is 11.2. The van der Waals surface area contributed by atoms with E-state index in [1.54, 1.807) is 0 Å². The number of hydrogen-bond donors (Lipinski definition) is 0. The molecule has 0 radical (unpaired) electrons. The minimum absolute atomic E-state index is 0.239. The Balaban J connectivity index is 1.82. The second-order valence-electron chi connectivity index (χ2n) is 9.50. The van der Waals surface area contributed by atoms with Gasteiger partial charge in [0, 0.05) is 0 Å². The van der Waals surface area contributed by atoms with Crippen molar-refractivity contribution in [3.8, 4) is 0 Å². The van der Waals surface area contributed by atoms with Crippen LogP contribution in [0.1, 0.15) is 94.9 Å². The highest BCUT2D eigenvalue weighted by atomic mass is 16.5. The van der Waals surface area contributed by atoms with Gasteiger partial charge in [-0.1, -0.05) is 89.1 Å². The second-order valence-corrected chi connectivity index (χ2v) is 9.50. The lowest BCUT2D eigenvalue weighted by atomic mass is 9.91. The summed E-state index contributed by atoms with van der Waals surface area (Å²) in [4.78, 5) is 25.5. The lowest BCUT2D eigenvalue weighted by molar-refractivity contribution is -0.154. The number of hydrogen-bond acceptors (Lipinski definition) is 4. The maximum absolute atomic E-state index is 12.7. The van der Waals surface area contributed by atoms with E-state index in [9.17, 15) is 9.59 Å². The van der Waals surface area contributed by atoms with E-state index >= 15 is 0 Å². The van der Waals surface area contributed by atoms with E-state index in [0.717, 1.165) is 24.0 Å². The fraction of sp³-hybridized carbons (Fsp3) is 0.548. The van der Waals surface area contributed by atoms with Crippen LogP contribution in [-0.4, -0.2) is 11.9 Å². The van der Waals surface area contributed by atoms with E-state index < -0.39 is 0 Å². The molecular weight excluding hydrogens is 436 g/mol. The zero-order valence-electron chi connectivity index (χ0n) is 22.2. The van der Waals surface area contributed by atoms with Gasteiger partial charge in [-0.2, -0.15) is 0 Å². The predicted octanol–water partition coefficient (Wildman–Crippen LogP) is 7.60. The summed E-state index contributed by atoms with van der Waals surface area (Å²) in [6.45, 7) is 8.83. The minimum Gasteiger partial charge on any atom is -0.461 e. The van der Waals surface area contributed by atoms with Crippen molar-refractivity contribution in [1.29, 1.82) is 0 Å². The van der Waals surface area contributed by atoms with Gasteiger partial charge < -0.3 is 9.47 Å². The van der Waals surface area contributed by atoms with Crippen molar-refractivity contribution < 1.29 is 19.1 Å². The van der Waals surface area contributed by atoms with Crippen LogP contribution >= 0.6 is 0 Å². The Labute approximate surface area is 212 Å². The standard InChI is InChI=1S/C31H44O4/c1-5-9-11-24-13-17-26(18-14-24)22-34-30(32)28(7-3)21-29(8-4)31(33)35-23-27-19-15-25(16-20-27)12-10-6-2/h13-20,28-29H,5-12,21-23H2,1-4H3. The molecule has 0 spiro atoms. The Morgan fingerprint density at radius 2 is 0.943 bits per heavy atom. The molecule has 192 valence electrons. The van der Waals surface area contributed by atoms with Gasteiger partial charge in [0.05, 0.1) is 11.8 Å². The summed E-state index contributed by atoms with van der Waals surface area (Å²) in [6, 6.07) is 16.6. The molecule has 2 aromatic carbocycles. The highest BCUT2D eigenvalue weighted by molar-refractivity contribution is 5.76. The van der Waals surface area contributed by atoms with Crippen LogP contribution in [0, 0.1) is 11.8 Å². The Kier molecular flexibility index (Phi) is 13.2. The lowest BCUT2D eigenvalue weighted by Gasteiger charge is -2.20. The number of benzene rings is 2. The van der Waals surface area contributed by atoms with Crippen LogP contribution in [0.5, 0.6) is 0 Å². The molecule has 2 unspecified atom stereocenters. The first-order valence-corrected chi connectivity index (χ1v) is 13.5. The van der Waals surface area contributed by atoms with E-state index in [2.05, 4.69) is 38.1 Å². The van der Waals surface area contributed by atoms with Crippen LogP contribution in [-0.2, 0) is 45.1 Å². The number of unbranched alkanes of at least 4 members (excludes halogenated alkanes) is 2. The third-order valence-corrected chi connectivity index (χ3v) is 6.67. The molecule has 2 atom stereocenters. The summed E-state index contributed by atoms with van der Waals surface area (Å²) in [5.41, 5.74) is 4.59. The topological polar surface area (TPSA) is 52.6 Å². The zero-order chi connectivity index (χ0) is 25.5. The maximum Gasteiger partial charge on any atom is 0.309 e. The van der Waals surface area contributed by atoms with E-state index in [1.165, 1.54) is 36.8 Å². The lowest BCUT2D eigenvalue weighted by Crippen LogP contribution is -2.25. The van der Waals surface area contributed by atoms with Crippen molar-refractivity contribution in [3.63, 3.8) is 0 Å². The normalized spacial score (nSPS) is 12.7. The van der Waals surface area contributed by atoms with Gasteiger partial charge in [0.1, 0.15) is 13.2 Å². The first-order chi connectivity index (χ1) is 17.0. The van der Waals surface area contributed by atoms with Crippen molar-refractivity contribution >= 4 is 11.9 Å². The summed E-state index contributed by atoms with van der Waals surface area (Å²) in [5.74, 6) is -1.10. The molecule has 0 aromatic heterocycles. The van der Waals surface area contributed by atoms with E-state index in [4.69, 9.17) is 9.47 Å². The number of esters is 2. The number of ether oxygens (including phenoxy) is 2. The molecule has 2 aromatic rings. The van der Waals surface area contributed by atoms with Gasteiger partial charge in [0.15, 0.2) is 0 Å². The summed E-state index contributed by atoms with van der Waals surface area (Å²) >= 11 is 0. The number of carbonyl (C=O) groups is 2. The van der Waals surface area contributed by atoms with Crippen molar-refractivity contribution in [3.05, 3.63) is 70.8 Å². The highest BCUT2D eigenvalue weighted by Gasteiger charge is 2.27. The van der Waals surface area contributed by atoms with Crippen molar-refractivity contribution in [2.75, 3.05) is 0 Å². The average Bonchev–Trinajstić information content (AvgIpc) is 2.89. The zero-order valence-corrected chi connectivity index (χ0v) is 22.2. The fourth-order valence-electron chi connectivity index (χ4n) is 4.11. The number of rotatable bonds is 16. The third kappa shape index (κ3) is 10.3. The van der Waals surface area contributed by atoms with Crippen molar-refractivity contribution in [2.45, 2.75) is 98.7 Å². The van der Waals surface area contributed by atoms with Crippen LogP contribution < -0.4 is 0 Å². The maximum atomic E-state index is 12.7. The molecule has 35 heavy (non-hydrogen) atoms. The van der Waals surface area contributed by atoms with Crippen molar-refractivity contribution in [1.82, 2.24) is 0 Å². The molecule has 0 aliphatic carbocycles. The number of carbonyl (C=O) groups excluding carboxylic acids is 2. The van der Waals surface area contributed by atoms with Gasteiger partial charge in [-0.15, -0.1) is 0 Å². The Morgan fingerprint density at radius 1 is 0.600 bits per heavy atom. The van der Waals surface area contributed by atoms with Crippen LogP contribution in [0.2, 0.25) is 0 Å². The summed E-state index contributed by atoms with van der Waals surface area (Å²) in [6.07, 6.45) is 8.59. The second kappa shape index (κ2) is 16.1. The molecule has 4 heteroatoms. The van der Waals surface area contributed by atoms with Crippen LogP contribution in [0.25, 0.3) is 0 Å². The first kappa shape index (κ1) is 28.6. The minimum atomic E-state index is -0.311.